The van der Waals surface area contributed by atoms with Crippen LogP contribution >= 0.6 is 11.8 Å². The van der Waals surface area contributed by atoms with Crippen LogP contribution < -0.4 is 0 Å². The first-order valence-corrected chi connectivity index (χ1v) is 3.33. The monoisotopic (exact) mass is 130 g/mol. The van der Waals surface area contributed by atoms with Crippen molar-refractivity contribution in [3.8, 4) is 0 Å². The number of imidazole rings is 1. The molecule has 0 fully saturated rings. The second-order valence-electron chi connectivity index (χ2n) is 1.26. The Morgan fingerprint density at radius 3 is 2.88 bits per heavy atom. The molecule has 1 N–H and O–H groups in total. The molecule has 0 saturated carbocycles. The Balaban J connectivity index is 2.92. The van der Waals surface area contributed by atoms with Gasteiger partial charge in [0.15, 0.2) is 0 Å². The van der Waals surface area contributed by atoms with E-state index in [-0.39, 0.29) is 0 Å². The smallest absolute Gasteiger partial charge is 0.202 e. The van der Waals surface area contributed by atoms with Gasteiger partial charge in [0.2, 0.25) is 5.16 Å². The van der Waals surface area contributed by atoms with Crippen molar-refractivity contribution in [1.29, 1.82) is 0 Å². The lowest BCUT2D eigenvalue weighted by Gasteiger charge is -1.90. The highest BCUT2D eigenvalue weighted by Crippen LogP contribution is 2.07. The van der Waals surface area contributed by atoms with Gasteiger partial charge in [0.25, 0.3) is 0 Å². The van der Waals surface area contributed by atoms with Gasteiger partial charge in [0.1, 0.15) is 0 Å². The molecule has 0 radical (unpaired) electrons. The Morgan fingerprint density at radius 1 is 1.88 bits per heavy atom. The Morgan fingerprint density at radius 2 is 2.62 bits per heavy atom. The first-order valence-electron chi connectivity index (χ1n) is 2.11. The summed E-state index contributed by atoms with van der Waals surface area (Å²) in [6, 6.07) is 0. The maximum atomic E-state index is 8.78. The van der Waals surface area contributed by atoms with Crippen molar-refractivity contribution in [3.05, 3.63) is 12.4 Å². The fourth-order valence-electron chi connectivity index (χ4n) is 0.429. The normalized spacial score (nSPS) is 9.62. The molecule has 1 aromatic rings. The zero-order valence-corrected chi connectivity index (χ0v) is 5.22. The number of rotatable bonds is 1. The average molecular weight is 130 g/mol. The summed E-state index contributed by atoms with van der Waals surface area (Å²) in [5, 5.41) is 9.40. The van der Waals surface area contributed by atoms with Gasteiger partial charge in [0, 0.05) is 6.20 Å². The van der Waals surface area contributed by atoms with Crippen molar-refractivity contribution in [1.82, 2.24) is 9.71 Å². The Bertz CT molecular complexity index is 174. The van der Waals surface area contributed by atoms with Crippen molar-refractivity contribution in [2.24, 2.45) is 0 Å². The molecule has 1 aromatic heterocycles. The molecule has 8 heavy (non-hydrogen) atoms. The van der Waals surface area contributed by atoms with E-state index in [0.717, 1.165) is 4.73 Å². The zero-order valence-electron chi connectivity index (χ0n) is 4.40. The molecule has 4 heteroatoms. The van der Waals surface area contributed by atoms with E-state index < -0.39 is 0 Å². The molecule has 1 rings (SSSR count). The third kappa shape index (κ3) is 0.790. The summed E-state index contributed by atoms with van der Waals surface area (Å²) >= 11 is 1.40. The van der Waals surface area contributed by atoms with Crippen LogP contribution in [0.5, 0.6) is 0 Å². The summed E-state index contributed by atoms with van der Waals surface area (Å²) in [7, 11) is 0. The Kier molecular flexibility index (Phi) is 1.43. The predicted molar refractivity (Wildman–Crippen MR) is 31.2 cm³/mol. The van der Waals surface area contributed by atoms with E-state index in [2.05, 4.69) is 4.98 Å². The Hall–Kier alpha value is -0.640. The van der Waals surface area contributed by atoms with E-state index in [4.69, 9.17) is 5.21 Å². The highest BCUT2D eigenvalue weighted by atomic mass is 32.2. The van der Waals surface area contributed by atoms with Gasteiger partial charge in [-0.2, -0.15) is 4.73 Å². The number of nitrogens with zero attached hydrogens (tertiary/aromatic N) is 2. The van der Waals surface area contributed by atoms with Crippen LogP contribution in [0.2, 0.25) is 0 Å². The molecule has 0 bridgehead atoms. The molecule has 0 aliphatic rings. The molecule has 0 aromatic carbocycles. The number of thioether (sulfide) groups is 1. The summed E-state index contributed by atoms with van der Waals surface area (Å²) in [4.78, 5) is 3.81. The molecular formula is C4H6N2OS. The van der Waals surface area contributed by atoms with Crippen LogP contribution in [0.3, 0.4) is 0 Å². The molecule has 0 unspecified atom stereocenters. The highest BCUT2D eigenvalue weighted by molar-refractivity contribution is 7.98. The number of hydrogen-bond donors (Lipinski definition) is 1. The van der Waals surface area contributed by atoms with E-state index in [1.165, 1.54) is 18.0 Å². The fourth-order valence-corrected chi connectivity index (χ4v) is 0.844. The number of hydrogen-bond acceptors (Lipinski definition) is 3. The quantitative estimate of drug-likeness (QED) is 0.452. The molecule has 1 heterocycles. The third-order valence-corrected chi connectivity index (χ3v) is 1.43. The van der Waals surface area contributed by atoms with Crippen molar-refractivity contribution >= 4 is 11.8 Å². The summed E-state index contributed by atoms with van der Waals surface area (Å²) in [6.45, 7) is 0. The van der Waals surface area contributed by atoms with Crippen molar-refractivity contribution in [2.45, 2.75) is 5.16 Å². The van der Waals surface area contributed by atoms with Crippen molar-refractivity contribution in [3.63, 3.8) is 0 Å². The number of aromatic nitrogens is 2. The van der Waals surface area contributed by atoms with E-state index in [0.29, 0.717) is 5.16 Å². The SMILES string of the molecule is CSc1nccn1O. The van der Waals surface area contributed by atoms with Crippen molar-refractivity contribution in [2.75, 3.05) is 6.26 Å². The van der Waals surface area contributed by atoms with Gasteiger partial charge in [-0.1, -0.05) is 11.8 Å². The third-order valence-electron chi connectivity index (χ3n) is 0.771. The van der Waals surface area contributed by atoms with Gasteiger partial charge in [-0.25, -0.2) is 4.98 Å². The van der Waals surface area contributed by atoms with E-state index >= 15 is 0 Å². The van der Waals surface area contributed by atoms with Crippen LogP contribution in [0.15, 0.2) is 17.6 Å². The molecule has 0 saturated heterocycles. The van der Waals surface area contributed by atoms with E-state index in [1.54, 1.807) is 6.20 Å². The molecule has 0 amide bonds. The van der Waals surface area contributed by atoms with E-state index in [9.17, 15) is 0 Å². The topological polar surface area (TPSA) is 38.0 Å². The van der Waals surface area contributed by atoms with E-state index in [1.807, 2.05) is 6.26 Å². The minimum Gasteiger partial charge on any atom is -0.426 e. The van der Waals surface area contributed by atoms with Gasteiger partial charge in [-0.05, 0) is 6.26 Å². The lowest BCUT2D eigenvalue weighted by atomic mass is 11.0. The first kappa shape index (κ1) is 5.50. The van der Waals surface area contributed by atoms with Gasteiger partial charge in [-0.3, -0.25) is 0 Å². The summed E-state index contributed by atoms with van der Waals surface area (Å²) in [6.07, 6.45) is 4.90. The second kappa shape index (κ2) is 2.09. The summed E-state index contributed by atoms with van der Waals surface area (Å²) in [5.41, 5.74) is 0. The first-order chi connectivity index (χ1) is 3.84. The fraction of sp³-hybridized carbons (Fsp3) is 0.250. The van der Waals surface area contributed by atoms with Crippen LogP contribution in [0.4, 0.5) is 0 Å². The summed E-state index contributed by atoms with van der Waals surface area (Å²) < 4.78 is 0.991. The molecule has 0 spiro atoms. The predicted octanol–water partition coefficient (Wildman–Crippen LogP) is 0.842. The van der Waals surface area contributed by atoms with Gasteiger partial charge >= 0.3 is 0 Å². The standard InChI is InChI=1S/C4H6N2OS/c1-8-4-5-2-3-6(4)7/h2-3,7H,1H3. The molecule has 0 aliphatic heterocycles. The minimum absolute atomic E-state index is 0.616. The highest BCUT2D eigenvalue weighted by Gasteiger charge is 1.94. The largest absolute Gasteiger partial charge is 0.426 e. The zero-order chi connectivity index (χ0) is 5.98. The summed E-state index contributed by atoms with van der Waals surface area (Å²) in [5.74, 6) is 0. The van der Waals surface area contributed by atoms with Crippen LogP contribution in [-0.2, 0) is 0 Å². The van der Waals surface area contributed by atoms with Gasteiger partial charge in [0.05, 0.1) is 6.20 Å². The Labute approximate surface area is 51.3 Å². The molecular weight excluding hydrogens is 124 g/mol. The van der Waals surface area contributed by atoms with Crippen LogP contribution in [0, 0.1) is 0 Å². The maximum absolute atomic E-state index is 8.78. The molecule has 3 nitrogen and oxygen atoms in total. The maximum Gasteiger partial charge on any atom is 0.202 e. The van der Waals surface area contributed by atoms with Gasteiger partial charge < -0.3 is 5.21 Å². The lowest BCUT2D eigenvalue weighted by Crippen LogP contribution is -1.88. The minimum atomic E-state index is 0.616. The lowest BCUT2D eigenvalue weighted by molar-refractivity contribution is 0.160. The molecule has 44 valence electrons. The average Bonchev–Trinajstić information content (AvgIpc) is 2.14. The van der Waals surface area contributed by atoms with Crippen LogP contribution in [0.25, 0.3) is 0 Å². The van der Waals surface area contributed by atoms with Crippen LogP contribution in [-0.4, -0.2) is 21.2 Å². The van der Waals surface area contributed by atoms with Crippen LogP contribution in [0.1, 0.15) is 0 Å². The molecule has 0 atom stereocenters. The molecule has 0 aliphatic carbocycles. The van der Waals surface area contributed by atoms with Gasteiger partial charge in [-0.15, -0.1) is 0 Å². The second-order valence-corrected chi connectivity index (χ2v) is 2.03. The van der Waals surface area contributed by atoms with Crippen molar-refractivity contribution < 1.29 is 5.21 Å².